The molecule has 0 spiro atoms. The molecular weight excluding hydrogens is 238 g/mol. The van der Waals surface area contributed by atoms with Gasteiger partial charge in [-0.3, -0.25) is 4.79 Å². The van der Waals surface area contributed by atoms with Gasteiger partial charge in [-0.2, -0.15) is 0 Å². The van der Waals surface area contributed by atoms with Crippen LogP contribution in [0.2, 0.25) is 0 Å². The van der Waals surface area contributed by atoms with Crippen LogP contribution >= 0.6 is 0 Å². The predicted octanol–water partition coefficient (Wildman–Crippen LogP) is 2.60. The number of ether oxygens (including phenoxy) is 1. The van der Waals surface area contributed by atoms with Crippen LogP contribution in [0.4, 0.5) is 0 Å². The van der Waals surface area contributed by atoms with Crippen LogP contribution in [0, 0.1) is 6.92 Å². The lowest BCUT2D eigenvalue weighted by atomic mass is 9.85. The van der Waals surface area contributed by atoms with Crippen molar-refractivity contribution in [1.29, 1.82) is 0 Å². The lowest BCUT2D eigenvalue weighted by molar-refractivity contribution is -0.120. The minimum absolute atomic E-state index is 0.0451. The van der Waals surface area contributed by atoms with Gasteiger partial charge >= 0.3 is 0 Å². The van der Waals surface area contributed by atoms with Gasteiger partial charge in [-0.25, -0.2) is 0 Å². The van der Waals surface area contributed by atoms with E-state index in [2.05, 4.69) is 51.2 Å². The van der Waals surface area contributed by atoms with Gasteiger partial charge in [-0.05, 0) is 29.0 Å². The van der Waals surface area contributed by atoms with Gasteiger partial charge < -0.3 is 10.1 Å². The number of methoxy groups -OCH3 is 1. The van der Waals surface area contributed by atoms with Gasteiger partial charge in [0.05, 0.1) is 13.0 Å². The van der Waals surface area contributed by atoms with Crippen LogP contribution in [0.25, 0.3) is 0 Å². The minimum Gasteiger partial charge on any atom is -0.383 e. The molecular formula is C16H25NO2. The molecule has 0 bridgehead atoms. The Hall–Kier alpha value is -1.35. The van der Waals surface area contributed by atoms with E-state index in [1.54, 1.807) is 7.11 Å². The van der Waals surface area contributed by atoms with Gasteiger partial charge in [-0.15, -0.1) is 0 Å². The molecule has 1 amide bonds. The maximum absolute atomic E-state index is 11.8. The summed E-state index contributed by atoms with van der Waals surface area (Å²) in [6.07, 6.45) is 0.431. The average molecular weight is 263 g/mol. The number of hydrogen-bond acceptors (Lipinski definition) is 2. The summed E-state index contributed by atoms with van der Waals surface area (Å²) in [6.45, 7) is 9.76. The first-order chi connectivity index (χ1) is 8.84. The first kappa shape index (κ1) is 15.7. The maximum Gasteiger partial charge on any atom is 0.224 e. The highest BCUT2D eigenvalue weighted by molar-refractivity contribution is 5.78. The summed E-state index contributed by atoms with van der Waals surface area (Å²) in [5, 5.41) is 2.84. The summed E-state index contributed by atoms with van der Waals surface area (Å²) in [7, 11) is 1.63. The van der Waals surface area contributed by atoms with Crippen molar-refractivity contribution in [3.63, 3.8) is 0 Å². The summed E-state index contributed by atoms with van der Waals surface area (Å²) < 4.78 is 4.90. The Labute approximate surface area is 116 Å². The second-order valence-electron chi connectivity index (χ2n) is 5.91. The Morgan fingerprint density at radius 1 is 1.32 bits per heavy atom. The van der Waals surface area contributed by atoms with Crippen molar-refractivity contribution in [2.24, 2.45) is 0 Å². The van der Waals surface area contributed by atoms with Crippen LogP contribution in [0.15, 0.2) is 18.2 Å². The molecule has 19 heavy (non-hydrogen) atoms. The Bertz CT molecular complexity index is 433. The van der Waals surface area contributed by atoms with Crippen LogP contribution < -0.4 is 5.32 Å². The van der Waals surface area contributed by atoms with Gasteiger partial charge in [0.2, 0.25) is 5.91 Å². The Balaban J connectivity index is 2.67. The van der Waals surface area contributed by atoms with Gasteiger partial charge in [0, 0.05) is 13.7 Å². The highest BCUT2D eigenvalue weighted by Gasteiger charge is 2.15. The molecule has 0 heterocycles. The average Bonchev–Trinajstić information content (AvgIpc) is 2.31. The molecule has 0 aliphatic heterocycles. The number of nitrogens with one attached hydrogen (secondary N) is 1. The summed E-state index contributed by atoms with van der Waals surface area (Å²) in [5.41, 5.74) is 3.70. The van der Waals surface area contributed by atoms with Crippen molar-refractivity contribution < 1.29 is 9.53 Å². The third kappa shape index (κ3) is 5.03. The number of hydrogen-bond donors (Lipinski definition) is 1. The van der Waals surface area contributed by atoms with Crippen molar-refractivity contribution in [2.75, 3.05) is 20.3 Å². The second kappa shape index (κ2) is 6.71. The normalized spacial score (nSPS) is 11.4. The molecule has 0 radical (unpaired) electrons. The fraction of sp³-hybridized carbons (Fsp3) is 0.562. The summed E-state index contributed by atoms with van der Waals surface area (Å²) >= 11 is 0. The third-order valence-electron chi connectivity index (χ3n) is 3.19. The quantitative estimate of drug-likeness (QED) is 0.829. The van der Waals surface area contributed by atoms with E-state index in [4.69, 9.17) is 4.74 Å². The van der Waals surface area contributed by atoms with Gasteiger partial charge in [-0.1, -0.05) is 39.0 Å². The van der Waals surface area contributed by atoms with E-state index in [1.807, 2.05) is 0 Å². The first-order valence-electron chi connectivity index (χ1n) is 6.70. The molecule has 1 aromatic rings. The molecule has 1 N–H and O–H groups in total. The summed E-state index contributed by atoms with van der Waals surface area (Å²) in [5.74, 6) is 0.0451. The Kier molecular flexibility index (Phi) is 5.55. The number of aryl methyl sites for hydroxylation is 1. The first-order valence-corrected chi connectivity index (χ1v) is 6.70. The smallest absolute Gasteiger partial charge is 0.224 e. The van der Waals surface area contributed by atoms with E-state index >= 15 is 0 Å². The van der Waals surface area contributed by atoms with E-state index in [9.17, 15) is 4.79 Å². The van der Waals surface area contributed by atoms with E-state index in [-0.39, 0.29) is 11.3 Å². The SMILES string of the molecule is COCCNC(=O)Cc1ccc(C(C)(C)C)cc1C. The maximum atomic E-state index is 11.8. The van der Waals surface area contributed by atoms with Crippen LogP contribution in [-0.4, -0.2) is 26.2 Å². The van der Waals surface area contributed by atoms with E-state index < -0.39 is 0 Å². The largest absolute Gasteiger partial charge is 0.383 e. The number of benzene rings is 1. The van der Waals surface area contributed by atoms with Crippen molar-refractivity contribution in [3.8, 4) is 0 Å². The highest BCUT2D eigenvalue weighted by atomic mass is 16.5. The Morgan fingerprint density at radius 3 is 2.53 bits per heavy atom. The van der Waals surface area contributed by atoms with Crippen LogP contribution in [0.5, 0.6) is 0 Å². The molecule has 0 aliphatic carbocycles. The van der Waals surface area contributed by atoms with E-state index in [1.165, 1.54) is 11.1 Å². The van der Waals surface area contributed by atoms with Crippen LogP contribution in [0.3, 0.4) is 0 Å². The molecule has 3 heteroatoms. The number of amides is 1. The molecule has 0 atom stereocenters. The van der Waals surface area contributed by atoms with Gasteiger partial charge in [0.15, 0.2) is 0 Å². The predicted molar refractivity (Wildman–Crippen MR) is 78.5 cm³/mol. The fourth-order valence-electron chi connectivity index (χ4n) is 1.89. The zero-order valence-corrected chi connectivity index (χ0v) is 12.7. The lowest BCUT2D eigenvalue weighted by Crippen LogP contribution is -2.28. The zero-order chi connectivity index (χ0) is 14.5. The molecule has 0 fully saturated rings. The van der Waals surface area contributed by atoms with Crippen molar-refractivity contribution in [1.82, 2.24) is 5.32 Å². The lowest BCUT2D eigenvalue weighted by Gasteiger charge is -2.20. The van der Waals surface area contributed by atoms with Crippen molar-refractivity contribution in [3.05, 3.63) is 34.9 Å². The highest BCUT2D eigenvalue weighted by Crippen LogP contribution is 2.24. The topological polar surface area (TPSA) is 38.3 Å². The molecule has 3 nitrogen and oxygen atoms in total. The second-order valence-corrected chi connectivity index (χ2v) is 5.91. The molecule has 1 aromatic carbocycles. The summed E-state index contributed by atoms with van der Waals surface area (Å²) in [6, 6.07) is 6.36. The summed E-state index contributed by atoms with van der Waals surface area (Å²) in [4.78, 5) is 11.8. The van der Waals surface area contributed by atoms with Gasteiger partial charge in [0.1, 0.15) is 0 Å². The molecule has 0 saturated heterocycles. The van der Waals surface area contributed by atoms with Crippen molar-refractivity contribution >= 4 is 5.91 Å². The molecule has 106 valence electrons. The number of carbonyl (C=O) groups is 1. The Morgan fingerprint density at radius 2 is 2.00 bits per heavy atom. The molecule has 0 aliphatic rings. The molecule has 0 unspecified atom stereocenters. The number of rotatable bonds is 5. The third-order valence-corrected chi connectivity index (χ3v) is 3.19. The number of carbonyl (C=O) groups excluding carboxylic acids is 1. The zero-order valence-electron chi connectivity index (χ0n) is 12.7. The monoisotopic (exact) mass is 263 g/mol. The van der Waals surface area contributed by atoms with Gasteiger partial charge in [0.25, 0.3) is 0 Å². The van der Waals surface area contributed by atoms with Crippen LogP contribution in [-0.2, 0) is 21.4 Å². The van der Waals surface area contributed by atoms with Crippen molar-refractivity contribution in [2.45, 2.75) is 39.5 Å². The van der Waals surface area contributed by atoms with E-state index in [0.29, 0.717) is 19.6 Å². The molecule has 0 aromatic heterocycles. The fourth-order valence-corrected chi connectivity index (χ4v) is 1.89. The molecule has 0 saturated carbocycles. The standard InChI is InChI=1S/C16H25NO2/c1-12-10-14(16(2,3)4)7-6-13(12)11-15(18)17-8-9-19-5/h6-7,10H,8-9,11H2,1-5H3,(H,17,18). The van der Waals surface area contributed by atoms with E-state index in [0.717, 1.165) is 5.56 Å². The van der Waals surface area contributed by atoms with Crippen LogP contribution in [0.1, 0.15) is 37.5 Å². The molecule has 1 rings (SSSR count). The minimum atomic E-state index is 0.0451.